The van der Waals surface area contributed by atoms with Crippen LogP contribution >= 0.6 is 11.6 Å². The number of amides is 1. The van der Waals surface area contributed by atoms with Gasteiger partial charge in [-0.05, 0) is 78.6 Å². The van der Waals surface area contributed by atoms with Crippen LogP contribution in [0.4, 0.5) is 11.4 Å². The molecule has 0 saturated carbocycles. The highest BCUT2D eigenvalue weighted by Crippen LogP contribution is 2.44. The predicted octanol–water partition coefficient (Wildman–Crippen LogP) is 6.92. The van der Waals surface area contributed by atoms with Gasteiger partial charge in [-0.25, -0.2) is 31.3 Å². The van der Waals surface area contributed by atoms with E-state index in [4.69, 9.17) is 21.1 Å². The normalized spacial score (nSPS) is 18.2. The number of ether oxygens (including phenoxy) is 2. The molecule has 0 spiro atoms. The highest BCUT2D eigenvalue weighted by atomic mass is 35.5. The van der Waals surface area contributed by atoms with Gasteiger partial charge in [0, 0.05) is 85.7 Å². The number of halogens is 1. The molecule has 1 saturated heterocycles. The SMILES string of the molecule is CC1(C)CCC(CN2CCN(c3ccc(C(=O)NS(=O)(=O)c4cc5c(c([N+](=O)[O-])c4)C[C@H](CNS(C)(=O)=O)CO5)c(Oc4cnc5[nH]ccc5c4)c3)CC2)=C(c2ccc(Cl)cc2)C1. The van der Waals surface area contributed by atoms with Crippen molar-refractivity contribution in [1.82, 2.24) is 24.3 Å². The van der Waals surface area contributed by atoms with Crippen molar-refractivity contribution in [2.45, 2.75) is 44.4 Å². The van der Waals surface area contributed by atoms with Gasteiger partial charge in [0.15, 0.2) is 0 Å². The molecule has 3 N–H and O–H groups in total. The number of nitrogens with zero attached hydrogens (tertiary/aromatic N) is 4. The van der Waals surface area contributed by atoms with Crippen molar-refractivity contribution in [2.75, 3.05) is 57.0 Å². The summed E-state index contributed by atoms with van der Waals surface area (Å²) < 4.78 is 67.3. The number of fused-ring (bicyclic) bond motifs is 2. The quantitative estimate of drug-likeness (QED) is 0.0813. The summed E-state index contributed by atoms with van der Waals surface area (Å²) in [6.45, 7) is 8.43. The number of sulfonamides is 2. The minimum atomic E-state index is -4.70. The van der Waals surface area contributed by atoms with Gasteiger partial charge in [-0.1, -0.05) is 43.2 Å². The second-order valence-corrected chi connectivity index (χ2v) is 21.1. The number of nitro benzene ring substituents is 1. The maximum absolute atomic E-state index is 14.0. The molecule has 332 valence electrons. The standard InChI is InChI=1S/C44H48ClN7O9S2/c1-44(2)12-10-31(38(23-44)29-4-6-32(45)7-5-29)26-50-14-16-51(17-15-50)33-8-9-36(41(20-33)61-34-19-30-11-13-46-42(30)47-25-34)43(53)49-63(58,59)35-21-39(52(54)55)37-18-28(24-48-62(3,56)57)27-60-40(37)22-35/h4-9,11,13,19-22,25,28,48H,10,12,14-18,23-24,26-27H2,1-3H3,(H,46,47)(H,49,53)/t28-/m1/s1. The van der Waals surface area contributed by atoms with Crippen molar-refractivity contribution in [3.63, 3.8) is 0 Å². The van der Waals surface area contributed by atoms with Crippen molar-refractivity contribution in [3.8, 4) is 17.2 Å². The summed E-state index contributed by atoms with van der Waals surface area (Å²) in [5.41, 5.74) is 5.16. The van der Waals surface area contributed by atoms with E-state index in [-0.39, 0.29) is 47.6 Å². The van der Waals surface area contributed by atoms with Gasteiger partial charge in [-0.2, -0.15) is 0 Å². The summed E-state index contributed by atoms with van der Waals surface area (Å²) >= 11 is 6.23. The maximum atomic E-state index is 14.0. The Morgan fingerprint density at radius 2 is 1.81 bits per heavy atom. The number of hydrogen-bond acceptors (Lipinski definition) is 12. The fourth-order valence-corrected chi connectivity index (χ4v) is 10.1. The molecule has 3 aliphatic rings. The molecule has 1 atom stereocenters. The van der Waals surface area contributed by atoms with Crippen LogP contribution < -0.4 is 23.8 Å². The zero-order valence-corrected chi connectivity index (χ0v) is 37.4. The molecule has 1 fully saturated rings. The molecule has 0 radical (unpaired) electrons. The smallest absolute Gasteiger partial charge is 0.277 e. The van der Waals surface area contributed by atoms with Crippen LogP contribution in [0.1, 0.15) is 54.6 Å². The van der Waals surface area contributed by atoms with Crippen molar-refractivity contribution >= 4 is 65.5 Å². The lowest BCUT2D eigenvalue weighted by Gasteiger charge is -2.39. The molecule has 1 amide bonds. The Labute approximate surface area is 370 Å². The van der Waals surface area contributed by atoms with Crippen molar-refractivity contribution in [2.24, 2.45) is 11.3 Å². The van der Waals surface area contributed by atoms with Crippen molar-refractivity contribution in [1.29, 1.82) is 0 Å². The lowest BCUT2D eigenvalue weighted by molar-refractivity contribution is -0.386. The predicted molar refractivity (Wildman–Crippen MR) is 241 cm³/mol. The number of anilines is 1. The zero-order chi connectivity index (χ0) is 44.7. The molecular weight excluding hydrogens is 870 g/mol. The minimum Gasteiger partial charge on any atom is -0.493 e. The first-order valence-corrected chi connectivity index (χ1v) is 24.3. The molecule has 2 aliphatic heterocycles. The van der Waals surface area contributed by atoms with Gasteiger partial charge in [0.05, 0.1) is 40.0 Å². The Bertz CT molecular complexity index is 2840. The van der Waals surface area contributed by atoms with Crippen LogP contribution in [-0.4, -0.2) is 94.7 Å². The summed E-state index contributed by atoms with van der Waals surface area (Å²) in [6.07, 6.45) is 7.44. The summed E-state index contributed by atoms with van der Waals surface area (Å²) in [5.74, 6) is -1.11. The van der Waals surface area contributed by atoms with Gasteiger partial charge in [-0.3, -0.25) is 19.8 Å². The number of H-pyrrole nitrogens is 1. The monoisotopic (exact) mass is 917 g/mol. The van der Waals surface area contributed by atoms with Gasteiger partial charge in [0.2, 0.25) is 10.0 Å². The largest absolute Gasteiger partial charge is 0.493 e. The lowest BCUT2D eigenvalue weighted by atomic mass is 9.72. The Balaban J connectivity index is 1.02. The lowest BCUT2D eigenvalue weighted by Crippen LogP contribution is -2.47. The highest BCUT2D eigenvalue weighted by molar-refractivity contribution is 7.90. The number of hydrogen-bond donors (Lipinski definition) is 3. The Morgan fingerprint density at radius 1 is 1.05 bits per heavy atom. The second kappa shape index (κ2) is 17.6. The number of carbonyl (C=O) groups is 1. The Morgan fingerprint density at radius 3 is 2.54 bits per heavy atom. The Kier molecular flexibility index (Phi) is 12.3. The van der Waals surface area contributed by atoms with E-state index in [1.807, 2.05) is 18.2 Å². The summed E-state index contributed by atoms with van der Waals surface area (Å²) in [6, 6.07) is 18.6. The molecule has 16 nitrogen and oxygen atoms in total. The van der Waals surface area contributed by atoms with E-state index < -0.39 is 47.4 Å². The van der Waals surface area contributed by atoms with E-state index >= 15 is 0 Å². The number of allylic oxidation sites excluding steroid dienone is 1. The maximum Gasteiger partial charge on any atom is 0.277 e. The van der Waals surface area contributed by atoms with Crippen LogP contribution in [0.3, 0.4) is 0 Å². The van der Waals surface area contributed by atoms with Crippen LogP contribution in [0.25, 0.3) is 16.6 Å². The summed E-state index contributed by atoms with van der Waals surface area (Å²) in [4.78, 5) is 37.0. The molecule has 0 unspecified atom stereocenters. The molecule has 1 aliphatic carbocycles. The third kappa shape index (κ3) is 10.3. The molecular formula is C44H48ClN7O9S2. The molecule has 8 rings (SSSR count). The van der Waals surface area contributed by atoms with Crippen LogP contribution in [0, 0.1) is 21.4 Å². The number of pyridine rings is 1. The van der Waals surface area contributed by atoms with Crippen LogP contribution in [0.2, 0.25) is 5.02 Å². The van der Waals surface area contributed by atoms with Gasteiger partial charge in [-0.15, -0.1) is 0 Å². The first kappa shape index (κ1) is 44.1. The molecule has 2 aromatic heterocycles. The highest BCUT2D eigenvalue weighted by Gasteiger charge is 2.33. The number of nitro groups is 1. The molecule has 5 aromatic rings. The van der Waals surface area contributed by atoms with Gasteiger partial charge >= 0.3 is 0 Å². The third-order valence-corrected chi connectivity index (χ3v) is 14.1. The molecule has 63 heavy (non-hydrogen) atoms. The molecule has 0 bridgehead atoms. The van der Waals surface area contributed by atoms with E-state index in [1.165, 1.54) is 29.0 Å². The summed E-state index contributed by atoms with van der Waals surface area (Å²) in [5, 5.41) is 13.7. The number of benzene rings is 3. The average molecular weight is 918 g/mol. The Hall–Kier alpha value is -5.53. The van der Waals surface area contributed by atoms with E-state index in [0.717, 1.165) is 68.4 Å². The zero-order valence-electron chi connectivity index (χ0n) is 35.0. The first-order chi connectivity index (χ1) is 29.9. The van der Waals surface area contributed by atoms with E-state index in [1.54, 1.807) is 24.4 Å². The number of carbonyl (C=O) groups excluding carboxylic acids is 1. The first-order valence-electron chi connectivity index (χ1n) is 20.5. The van der Waals surface area contributed by atoms with E-state index in [9.17, 15) is 31.7 Å². The van der Waals surface area contributed by atoms with E-state index in [2.05, 4.69) is 55.2 Å². The van der Waals surface area contributed by atoms with Crippen LogP contribution in [-0.2, 0) is 26.5 Å². The molecule has 19 heteroatoms. The number of nitrogens with one attached hydrogen (secondary N) is 3. The summed E-state index contributed by atoms with van der Waals surface area (Å²) in [7, 11) is -8.23. The van der Waals surface area contributed by atoms with Gasteiger partial charge in [0.25, 0.3) is 21.6 Å². The van der Waals surface area contributed by atoms with Crippen LogP contribution in [0.5, 0.6) is 17.2 Å². The van der Waals surface area contributed by atoms with Crippen LogP contribution in [0.15, 0.2) is 89.6 Å². The fourth-order valence-electron chi connectivity index (χ4n) is 8.43. The number of aromatic amines is 1. The minimum absolute atomic E-state index is 0.0180. The van der Waals surface area contributed by atoms with Gasteiger partial charge in [0.1, 0.15) is 22.9 Å². The van der Waals surface area contributed by atoms with Crippen molar-refractivity contribution in [3.05, 3.63) is 117 Å². The number of aromatic nitrogens is 2. The third-order valence-electron chi connectivity index (χ3n) is 11.8. The topological polar surface area (TPSA) is 206 Å². The van der Waals surface area contributed by atoms with Gasteiger partial charge < -0.3 is 19.4 Å². The molecule has 4 heterocycles. The van der Waals surface area contributed by atoms with Crippen molar-refractivity contribution < 1.29 is 36.0 Å². The second-order valence-electron chi connectivity index (χ2n) is 17.2. The molecule has 3 aromatic carbocycles. The number of rotatable bonds is 13. The average Bonchev–Trinajstić information content (AvgIpc) is 3.71. The van der Waals surface area contributed by atoms with E-state index in [0.29, 0.717) is 29.5 Å². The fraction of sp³-hybridized carbons (Fsp3) is 0.364. The number of piperazine rings is 1.